The maximum absolute atomic E-state index is 12.5. The van der Waals surface area contributed by atoms with Crippen molar-refractivity contribution < 1.29 is 9.59 Å². The van der Waals surface area contributed by atoms with E-state index < -0.39 is 6.04 Å². The summed E-state index contributed by atoms with van der Waals surface area (Å²) in [5, 5.41) is 3.85. The lowest BCUT2D eigenvalue weighted by Crippen LogP contribution is -2.39. The molecule has 5 heteroatoms. The van der Waals surface area contributed by atoms with Crippen molar-refractivity contribution in [3.63, 3.8) is 0 Å². The van der Waals surface area contributed by atoms with Gasteiger partial charge in [0.2, 0.25) is 5.91 Å². The topological polar surface area (TPSA) is 49.4 Å². The van der Waals surface area contributed by atoms with Crippen LogP contribution in [-0.4, -0.2) is 24.4 Å². The molecular weight excluding hydrogens is 360 g/mol. The quantitative estimate of drug-likeness (QED) is 0.357. The zero-order valence-electron chi connectivity index (χ0n) is 16.5. The van der Waals surface area contributed by atoms with E-state index >= 15 is 0 Å². The molecule has 0 aliphatic carbocycles. The molecule has 4 nitrogen and oxygen atoms in total. The minimum absolute atomic E-state index is 0.150. The van der Waals surface area contributed by atoms with Gasteiger partial charge in [0.05, 0.1) is 18.2 Å². The second kappa shape index (κ2) is 12.1. The molecule has 0 saturated carbocycles. The van der Waals surface area contributed by atoms with Gasteiger partial charge in [-0.25, -0.2) is 4.90 Å². The summed E-state index contributed by atoms with van der Waals surface area (Å²) in [5.41, 5.74) is 0.595. The van der Waals surface area contributed by atoms with Crippen LogP contribution in [0.4, 0.5) is 5.69 Å². The number of nitrogens with one attached hydrogen (secondary N) is 1. The Morgan fingerprint density at radius 1 is 0.926 bits per heavy atom. The standard InChI is InChI=1S/C22H33ClN2O2/c1-2-3-4-5-6-7-8-9-10-11-16-24-20-17-21(26)25(22(20)27)19-14-12-18(23)13-15-19/h12-15,20,24H,2-11,16-17H2,1H3/t20-/m1/s1. The molecule has 1 N–H and O–H groups in total. The zero-order valence-corrected chi connectivity index (χ0v) is 17.3. The average molecular weight is 393 g/mol. The molecule has 0 unspecified atom stereocenters. The van der Waals surface area contributed by atoms with Gasteiger partial charge in [-0.3, -0.25) is 9.59 Å². The first-order chi connectivity index (χ1) is 13.1. The number of amides is 2. The first-order valence-electron chi connectivity index (χ1n) is 10.5. The summed E-state index contributed by atoms with van der Waals surface area (Å²) < 4.78 is 0. The molecular formula is C22H33ClN2O2. The number of nitrogens with zero attached hydrogens (tertiary/aromatic N) is 1. The SMILES string of the molecule is CCCCCCCCCCCCN[C@@H]1CC(=O)N(c2ccc(Cl)cc2)C1=O. The molecule has 0 aromatic heterocycles. The van der Waals surface area contributed by atoms with Crippen molar-refractivity contribution in [2.75, 3.05) is 11.4 Å². The molecule has 0 spiro atoms. The largest absolute Gasteiger partial charge is 0.305 e. The van der Waals surface area contributed by atoms with Crippen LogP contribution < -0.4 is 10.2 Å². The van der Waals surface area contributed by atoms with Gasteiger partial charge in [-0.2, -0.15) is 0 Å². The lowest BCUT2D eigenvalue weighted by atomic mass is 10.1. The summed E-state index contributed by atoms with van der Waals surface area (Å²) in [5.74, 6) is -0.308. The Morgan fingerprint density at radius 3 is 2.07 bits per heavy atom. The van der Waals surface area contributed by atoms with Crippen LogP contribution in [-0.2, 0) is 9.59 Å². The Labute approximate surface area is 168 Å². The van der Waals surface area contributed by atoms with Crippen molar-refractivity contribution in [2.45, 2.75) is 83.6 Å². The molecule has 2 amide bonds. The van der Waals surface area contributed by atoms with Crippen molar-refractivity contribution >= 4 is 29.1 Å². The maximum Gasteiger partial charge on any atom is 0.251 e. The Hall–Kier alpha value is -1.39. The molecule has 1 aliphatic heterocycles. The minimum atomic E-state index is -0.397. The van der Waals surface area contributed by atoms with Crippen LogP contribution in [0.2, 0.25) is 5.02 Å². The Morgan fingerprint density at radius 2 is 1.48 bits per heavy atom. The fraction of sp³-hybridized carbons (Fsp3) is 0.636. The lowest BCUT2D eigenvalue weighted by Gasteiger charge is -2.15. The van der Waals surface area contributed by atoms with Crippen molar-refractivity contribution in [1.29, 1.82) is 0 Å². The highest BCUT2D eigenvalue weighted by molar-refractivity contribution is 6.30. The summed E-state index contributed by atoms with van der Waals surface area (Å²) in [6.07, 6.45) is 13.1. The highest BCUT2D eigenvalue weighted by atomic mass is 35.5. The summed E-state index contributed by atoms with van der Waals surface area (Å²) in [4.78, 5) is 26.0. The molecule has 150 valence electrons. The highest BCUT2D eigenvalue weighted by Gasteiger charge is 2.38. The fourth-order valence-electron chi connectivity index (χ4n) is 3.54. The van der Waals surface area contributed by atoms with E-state index in [0.717, 1.165) is 13.0 Å². The van der Waals surface area contributed by atoms with Gasteiger partial charge in [0, 0.05) is 5.02 Å². The highest BCUT2D eigenvalue weighted by Crippen LogP contribution is 2.24. The maximum atomic E-state index is 12.5. The van der Waals surface area contributed by atoms with E-state index in [-0.39, 0.29) is 18.2 Å². The summed E-state index contributed by atoms with van der Waals surface area (Å²) >= 11 is 5.88. The molecule has 1 atom stereocenters. The number of hydrogen-bond donors (Lipinski definition) is 1. The van der Waals surface area contributed by atoms with E-state index in [1.54, 1.807) is 24.3 Å². The zero-order chi connectivity index (χ0) is 19.5. The third-order valence-electron chi connectivity index (χ3n) is 5.15. The van der Waals surface area contributed by atoms with E-state index in [1.165, 1.54) is 62.7 Å². The third kappa shape index (κ3) is 7.27. The molecule has 27 heavy (non-hydrogen) atoms. The molecule has 1 saturated heterocycles. The van der Waals surface area contributed by atoms with Crippen LogP contribution in [0.25, 0.3) is 0 Å². The number of carbonyl (C=O) groups is 2. The second-order valence-electron chi connectivity index (χ2n) is 7.44. The number of halogens is 1. The number of imide groups is 1. The van der Waals surface area contributed by atoms with Gasteiger partial charge in [-0.05, 0) is 37.2 Å². The second-order valence-corrected chi connectivity index (χ2v) is 7.87. The molecule has 1 aromatic carbocycles. The predicted molar refractivity (Wildman–Crippen MR) is 112 cm³/mol. The van der Waals surface area contributed by atoms with Gasteiger partial charge in [-0.15, -0.1) is 0 Å². The molecule has 0 radical (unpaired) electrons. The summed E-state index contributed by atoms with van der Waals surface area (Å²) in [6.45, 7) is 3.03. The fourth-order valence-corrected chi connectivity index (χ4v) is 3.67. The molecule has 1 fully saturated rings. The van der Waals surface area contributed by atoms with Gasteiger partial charge in [0.15, 0.2) is 0 Å². The molecule has 1 aliphatic rings. The first kappa shape index (κ1) is 21.9. The summed E-state index contributed by atoms with van der Waals surface area (Å²) in [6, 6.07) is 6.42. The number of hydrogen-bond acceptors (Lipinski definition) is 3. The molecule has 0 bridgehead atoms. The minimum Gasteiger partial charge on any atom is -0.305 e. The van der Waals surface area contributed by atoms with Gasteiger partial charge in [0.25, 0.3) is 5.91 Å². The van der Waals surface area contributed by atoms with Crippen molar-refractivity contribution in [3.8, 4) is 0 Å². The normalized spacial score (nSPS) is 17.1. The van der Waals surface area contributed by atoms with E-state index in [4.69, 9.17) is 11.6 Å². The molecule has 1 aromatic rings. The summed E-state index contributed by atoms with van der Waals surface area (Å²) in [7, 11) is 0. The van der Waals surface area contributed by atoms with Crippen LogP contribution in [0.1, 0.15) is 77.6 Å². The number of rotatable bonds is 13. The van der Waals surface area contributed by atoms with Crippen LogP contribution in [0.15, 0.2) is 24.3 Å². The Balaban J connectivity index is 1.58. The van der Waals surface area contributed by atoms with Gasteiger partial charge < -0.3 is 5.32 Å². The Kier molecular flexibility index (Phi) is 9.85. The van der Waals surface area contributed by atoms with Crippen LogP contribution >= 0.6 is 11.6 Å². The third-order valence-corrected chi connectivity index (χ3v) is 5.40. The van der Waals surface area contributed by atoms with Crippen LogP contribution in [0, 0.1) is 0 Å². The number of unbranched alkanes of at least 4 members (excludes halogenated alkanes) is 9. The van der Waals surface area contributed by atoms with Crippen molar-refractivity contribution in [3.05, 3.63) is 29.3 Å². The predicted octanol–water partition coefficient (Wildman–Crippen LogP) is 5.48. The average Bonchev–Trinajstić information content (AvgIpc) is 2.94. The smallest absolute Gasteiger partial charge is 0.251 e. The van der Waals surface area contributed by atoms with Crippen molar-refractivity contribution in [2.24, 2.45) is 0 Å². The van der Waals surface area contributed by atoms with Crippen LogP contribution in [0.3, 0.4) is 0 Å². The lowest BCUT2D eigenvalue weighted by molar-refractivity contribution is -0.121. The van der Waals surface area contributed by atoms with E-state index in [1.807, 2.05) is 0 Å². The van der Waals surface area contributed by atoms with Crippen LogP contribution in [0.5, 0.6) is 0 Å². The van der Waals surface area contributed by atoms with Gasteiger partial charge >= 0.3 is 0 Å². The Bertz CT molecular complexity index is 588. The van der Waals surface area contributed by atoms with E-state index in [2.05, 4.69) is 12.2 Å². The molecule has 2 rings (SSSR count). The van der Waals surface area contributed by atoms with Gasteiger partial charge in [-0.1, -0.05) is 76.3 Å². The number of anilines is 1. The number of benzene rings is 1. The van der Waals surface area contributed by atoms with Gasteiger partial charge in [0.1, 0.15) is 0 Å². The first-order valence-corrected chi connectivity index (χ1v) is 10.9. The van der Waals surface area contributed by atoms with Crippen molar-refractivity contribution in [1.82, 2.24) is 5.32 Å². The van der Waals surface area contributed by atoms with E-state index in [9.17, 15) is 9.59 Å². The number of carbonyl (C=O) groups excluding carboxylic acids is 2. The molecule has 1 heterocycles. The monoisotopic (exact) mass is 392 g/mol. The van der Waals surface area contributed by atoms with E-state index in [0.29, 0.717) is 10.7 Å².